The van der Waals surface area contributed by atoms with Gasteiger partial charge < -0.3 is 10.6 Å². The maximum atomic E-state index is 11.3. The highest BCUT2D eigenvalue weighted by Gasteiger charge is 2.10. The van der Waals surface area contributed by atoms with Gasteiger partial charge in [-0.2, -0.15) is 0 Å². The quantitative estimate of drug-likeness (QED) is 0.792. The molecule has 0 radical (unpaired) electrons. The van der Waals surface area contributed by atoms with E-state index in [1.807, 2.05) is 0 Å². The molecular formula is C8H8Cl2N4O2. The highest BCUT2D eigenvalue weighted by molar-refractivity contribution is 6.42. The predicted octanol–water partition coefficient (Wildman–Crippen LogP) is 0.858. The number of halogens is 2. The first-order valence-electron chi connectivity index (χ1n) is 4.21. The molecule has 0 saturated heterocycles. The summed E-state index contributed by atoms with van der Waals surface area (Å²) in [7, 11) is 0. The van der Waals surface area contributed by atoms with Crippen LogP contribution in [0.3, 0.4) is 0 Å². The summed E-state index contributed by atoms with van der Waals surface area (Å²) in [5, 5.41) is 4.82. The first kappa shape index (κ1) is 12.7. The van der Waals surface area contributed by atoms with Gasteiger partial charge in [-0.1, -0.05) is 23.2 Å². The third kappa shape index (κ3) is 3.63. The van der Waals surface area contributed by atoms with Gasteiger partial charge in [0.2, 0.25) is 11.8 Å². The first-order chi connectivity index (χ1) is 7.50. The molecule has 0 aliphatic carbocycles. The van der Waals surface area contributed by atoms with E-state index < -0.39 is 5.91 Å². The number of hydrogen-bond acceptors (Lipinski definition) is 4. The summed E-state index contributed by atoms with van der Waals surface area (Å²) in [6.07, 6.45) is 1.17. The summed E-state index contributed by atoms with van der Waals surface area (Å²) in [6.45, 7) is 1.15. The zero-order valence-corrected chi connectivity index (χ0v) is 9.76. The Morgan fingerprint density at radius 2 is 2.06 bits per heavy atom. The molecule has 0 unspecified atom stereocenters. The molecule has 6 nitrogen and oxygen atoms in total. The van der Waals surface area contributed by atoms with Crippen LogP contribution < -0.4 is 10.6 Å². The van der Waals surface area contributed by atoms with E-state index in [-0.39, 0.29) is 28.4 Å². The second-order valence-electron chi connectivity index (χ2n) is 2.78. The van der Waals surface area contributed by atoms with Gasteiger partial charge in [-0.25, -0.2) is 9.97 Å². The minimum absolute atomic E-state index is 0.0477. The standard InChI is InChI=1S/C8H8Cl2N4O2/c1-4(15)11-2-5(16)14-8-6(9)7(10)12-3-13-8/h3H,2H2,1H3,(H,11,15)(H,12,13,14,16). The Bertz CT molecular complexity index is 424. The molecule has 86 valence electrons. The molecule has 0 saturated carbocycles. The number of nitrogens with one attached hydrogen (secondary N) is 2. The van der Waals surface area contributed by atoms with Crippen molar-refractivity contribution in [2.24, 2.45) is 0 Å². The average molecular weight is 263 g/mol. The Morgan fingerprint density at radius 1 is 1.38 bits per heavy atom. The molecule has 0 atom stereocenters. The maximum absolute atomic E-state index is 11.3. The molecule has 2 amide bonds. The molecule has 8 heteroatoms. The molecule has 16 heavy (non-hydrogen) atoms. The normalized spacial score (nSPS) is 9.69. The van der Waals surface area contributed by atoms with Crippen LogP contribution in [0.1, 0.15) is 6.92 Å². The van der Waals surface area contributed by atoms with Crippen LogP contribution in [0, 0.1) is 0 Å². The molecule has 1 heterocycles. The Hall–Kier alpha value is -1.40. The van der Waals surface area contributed by atoms with E-state index in [0.717, 1.165) is 0 Å². The molecule has 0 aliphatic heterocycles. The number of nitrogens with zero attached hydrogens (tertiary/aromatic N) is 2. The number of hydrogen-bond donors (Lipinski definition) is 2. The Morgan fingerprint density at radius 3 is 2.69 bits per heavy atom. The fourth-order valence-electron chi connectivity index (χ4n) is 0.816. The summed E-state index contributed by atoms with van der Waals surface area (Å²) in [5.74, 6) is -0.647. The van der Waals surface area contributed by atoms with E-state index in [4.69, 9.17) is 23.2 Å². The Kier molecular flexibility index (Phi) is 4.45. The van der Waals surface area contributed by atoms with Crippen molar-refractivity contribution < 1.29 is 9.59 Å². The summed E-state index contributed by atoms with van der Waals surface area (Å²) < 4.78 is 0. The molecule has 0 fully saturated rings. The fraction of sp³-hybridized carbons (Fsp3) is 0.250. The van der Waals surface area contributed by atoms with E-state index in [9.17, 15) is 9.59 Å². The monoisotopic (exact) mass is 262 g/mol. The molecule has 1 aromatic heterocycles. The van der Waals surface area contributed by atoms with E-state index in [2.05, 4.69) is 20.6 Å². The number of rotatable bonds is 3. The van der Waals surface area contributed by atoms with Gasteiger partial charge in [-0.3, -0.25) is 9.59 Å². The summed E-state index contributed by atoms with van der Waals surface area (Å²) in [6, 6.07) is 0. The lowest BCUT2D eigenvalue weighted by molar-refractivity contribution is -0.122. The average Bonchev–Trinajstić information content (AvgIpc) is 2.22. The largest absolute Gasteiger partial charge is 0.347 e. The van der Waals surface area contributed by atoms with Gasteiger partial charge in [0, 0.05) is 6.92 Å². The van der Waals surface area contributed by atoms with Crippen molar-refractivity contribution in [1.82, 2.24) is 15.3 Å². The molecule has 1 rings (SSSR count). The van der Waals surface area contributed by atoms with Crippen molar-refractivity contribution in [2.75, 3.05) is 11.9 Å². The zero-order valence-electron chi connectivity index (χ0n) is 8.25. The van der Waals surface area contributed by atoms with Gasteiger partial charge in [0.25, 0.3) is 0 Å². The number of anilines is 1. The van der Waals surface area contributed by atoms with E-state index >= 15 is 0 Å². The Balaban J connectivity index is 2.63. The molecule has 0 spiro atoms. The zero-order chi connectivity index (χ0) is 12.1. The van der Waals surface area contributed by atoms with Crippen molar-refractivity contribution in [1.29, 1.82) is 0 Å². The molecule has 0 aliphatic rings. The molecule has 2 N–H and O–H groups in total. The van der Waals surface area contributed by atoms with Crippen molar-refractivity contribution in [3.8, 4) is 0 Å². The van der Waals surface area contributed by atoms with Crippen LogP contribution in [0.25, 0.3) is 0 Å². The minimum atomic E-state index is -0.452. The summed E-state index contributed by atoms with van der Waals surface area (Å²) in [5.41, 5.74) is 0. The van der Waals surface area contributed by atoms with Gasteiger partial charge in [0.1, 0.15) is 11.3 Å². The number of aromatic nitrogens is 2. The summed E-state index contributed by atoms with van der Waals surface area (Å²) >= 11 is 11.4. The van der Waals surface area contributed by atoms with E-state index in [1.165, 1.54) is 13.3 Å². The van der Waals surface area contributed by atoms with Crippen LogP contribution in [-0.4, -0.2) is 28.3 Å². The topological polar surface area (TPSA) is 84.0 Å². The molecule has 0 aromatic carbocycles. The van der Waals surface area contributed by atoms with Gasteiger partial charge in [0.15, 0.2) is 11.0 Å². The van der Waals surface area contributed by atoms with Gasteiger partial charge in [-0.05, 0) is 0 Å². The highest BCUT2D eigenvalue weighted by atomic mass is 35.5. The third-order valence-electron chi connectivity index (χ3n) is 1.50. The van der Waals surface area contributed by atoms with Crippen LogP contribution in [0.15, 0.2) is 6.33 Å². The lowest BCUT2D eigenvalue weighted by Gasteiger charge is -2.06. The van der Waals surface area contributed by atoms with Crippen LogP contribution in [0.4, 0.5) is 5.82 Å². The smallest absolute Gasteiger partial charge is 0.244 e. The summed E-state index contributed by atoms with van der Waals surface area (Å²) in [4.78, 5) is 29.2. The Labute approximate surface area is 101 Å². The van der Waals surface area contributed by atoms with Crippen LogP contribution in [-0.2, 0) is 9.59 Å². The van der Waals surface area contributed by atoms with Crippen molar-refractivity contribution in [2.45, 2.75) is 6.92 Å². The van der Waals surface area contributed by atoms with Crippen LogP contribution >= 0.6 is 23.2 Å². The predicted molar refractivity (Wildman–Crippen MR) is 59.4 cm³/mol. The highest BCUT2D eigenvalue weighted by Crippen LogP contribution is 2.24. The fourth-order valence-corrected chi connectivity index (χ4v) is 1.09. The van der Waals surface area contributed by atoms with Crippen molar-refractivity contribution >= 4 is 40.8 Å². The van der Waals surface area contributed by atoms with Crippen molar-refractivity contribution in [3.05, 3.63) is 16.5 Å². The molecule has 1 aromatic rings. The van der Waals surface area contributed by atoms with Gasteiger partial charge in [0.05, 0.1) is 6.54 Å². The second-order valence-corrected chi connectivity index (χ2v) is 3.52. The maximum Gasteiger partial charge on any atom is 0.244 e. The first-order valence-corrected chi connectivity index (χ1v) is 4.96. The van der Waals surface area contributed by atoms with E-state index in [0.29, 0.717) is 0 Å². The lowest BCUT2D eigenvalue weighted by atomic mass is 10.5. The molecule has 0 bridgehead atoms. The van der Waals surface area contributed by atoms with Gasteiger partial charge in [-0.15, -0.1) is 0 Å². The third-order valence-corrected chi connectivity index (χ3v) is 2.24. The van der Waals surface area contributed by atoms with Crippen LogP contribution in [0.2, 0.25) is 10.2 Å². The number of carbonyl (C=O) groups is 2. The minimum Gasteiger partial charge on any atom is -0.347 e. The van der Waals surface area contributed by atoms with Crippen LogP contribution in [0.5, 0.6) is 0 Å². The van der Waals surface area contributed by atoms with Crippen molar-refractivity contribution in [3.63, 3.8) is 0 Å². The SMILES string of the molecule is CC(=O)NCC(=O)Nc1ncnc(Cl)c1Cl. The second kappa shape index (κ2) is 5.62. The number of amides is 2. The van der Waals surface area contributed by atoms with E-state index in [1.54, 1.807) is 0 Å². The molecular weight excluding hydrogens is 255 g/mol. The van der Waals surface area contributed by atoms with Gasteiger partial charge >= 0.3 is 0 Å². The lowest BCUT2D eigenvalue weighted by Crippen LogP contribution is -2.31. The number of carbonyl (C=O) groups excluding carboxylic acids is 2.